The van der Waals surface area contributed by atoms with E-state index >= 15 is 0 Å². The fraction of sp³-hybridized carbons (Fsp3) is 1.00. The molecular formula is C14H30OSi. The van der Waals surface area contributed by atoms with E-state index < -0.39 is 8.32 Å². The van der Waals surface area contributed by atoms with Gasteiger partial charge in [-0.05, 0) is 42.8 Å². The van der Waals surface area contributed by atoms with Gasteiger partial charge in [-0.2, -0.15) is 0 Å². The van der Waals surface area contributed by atoms with E-state index in [0.29, 0.717) is 5.04 Å². The monoisotopic (exact) mass is 242 g/mol. The Morgan fingerprint density at radius 3 is 2.31 bits per heavy atom. The Balaban J connectivity index is 2.39. The normalized spacial score (nSPS) is 28.1. The maximum Gasteiger partial charge on any atom is 0.191 e. The van der Waals surface area contributed by atoms with Crippen LogP contribution in [0.4, 0.5) is 0 Å². The lowest BCUT2D eigenvalue weighted by Crippen LogP contribution is -2.42. The van der Waals surface area contributed by atoms with Crippen LogP contribution in [-0.4, -0.2) is 14.9 Å². The lowest BCUT2D eigenvalue weighted by atomic mass is 9.83. The minimum Gasteiger partial charge on any atom is -0.417 e. The molecule has 0 aliphatic heterocycles. The highest BCUT2D eigenvalue weighted by Crippen LogP contribution is 2.38. The summed E-state index contributed by atoms with van der Waals surface area (Å²) in [4.78, 5) is 0. The molecule has 2 heteroatoms. The third-order valence-electron chi connectivity index (χ3n) is 4.53. The summed E-state index contributed by atoms with van der Waals surface area (Å²) in [5.41, 5.74) is 0. The van der Waals surface area contributed by atoms with Crippen molar-refractivity contribution in [3.63, 3.8) is 0 Å². The molecule has 1 saturated carbocycles. The molecule has 1 aliphatic carbocycles. The van der Waals surface area contributed by atoms with E-state index in [4.69, 9.17) is 4.43 Å². The first-order valence-electron chi connectivity index (χ1n) is 6.86. The lowest BCUT2D eigenvalue weighted by molar-refractivity contribution is 0.170. The molecule has 1 aliphatic rings. The fourth-order valence-electron chi connectivity index (χ4n) is 2.25. The molecule has 0 spiro atoms. The predicted molar refractivity (Wildman–Crippen MR) is 74.3 cm³/mol. The second kappa shape index (κ2) is 5.22. The summed E-state index contributed by atoms with van der Waals surface area (Å²) in [6.07, 6.45) is 5.61. The van der Waals surface area contributed by atoms with Crippen LogP contribution in [0.5, 0.6) is 0 Å². The zero-order chi connectivity index (χ0) is 12.4. The van der Waals surface area contributed by atoms with Crippen LogP contribution in [0, 0.1) is 11.8 Å². The molecule has 2 atom stereocenters. The molecule has 0 saturated heterocycles. The minimum atomic E-state index is -1.51. The Hall–Kier alpha value is 0.177. The summed E-state index contributed by atoms with van der Waals surface area (Å²) in [5.74, 6) is 1.75. The Kier molecular flexibility index (Phi) is 4.64. The molecule has 0 amide bonds. The molecular weight excluding hydrogens is 212 g/mol. The first kappa shape index (κ1) is 14.2. The Morgan fingerprint density at radius 2 is 1.81 bits per heavy atom. The average Bonchev–Trinajstić information content (AvgIpc) is 2.13. The molecule has 0 aromatic carbocycles. The van der Waals surface area contributed by atoms with Gasteiger partial charge in [-0.15, -0.1) is 0 Å². The molecule has 0 aromatic rings. The van der Waals surface area contributed by atoms with Crippen molar-refractivity contribution >= 4 is 8.32 Å². The van der Waals surface area contributed by atoms with Crippen molar-refractivity contribution in [2.75, 3.05) is 6.61 Å². The summed E-state index contributed by atoms with van der Waals surface area (Å²) in [6, 6.07) is 0. The smallest absolute Gasteiger partial charge is 0.191 e. The van der Waals surface area contributed by atoms with Gasteiger partial charge in [0.25, 0.3) is 0 Å². The van der Waals surface area contributed by atoms with Gasteiger partial charge in [0.1, 0.15) is 0 Å². The summed E-state index contributed by atoms with van der Waals surface area (Å²) in [6.45, 7) is 15.1. The van der Waals surface area contributed by atoms with E-state index in [1.165, 1.54) is 25.7 Å². The molecule has 1 fully saturated rings. The van der Waals surface area contributed by atoms with Crippen LogP contribution in [0.1, 0.15) is 53.4 Å². The quantitative estimate of drug-likeness (QED) is 0.644. The van der Waals surface area contributed by atoms with Crippen molar-refractivity contribution in [1.82, 2.24) is 0 Å². The Morgan fingerprint density at radius 1 is 1.19 bits per heavy atom. The highest BCUT2D eigenvalue weighted by atomic mass is 28.4. The van der Waals surface area contributed by atoms with E-state index in [1.54, 1.807) is 0 Å². The largest absolute Gasteiger partial charge is 0.417 e. The summed E-state index contributed by atoms with van der Waals surface area (Å²) in [7, 11) is -1.51. The lowest BCUT2D eigenvalue weighted by Gasteiger charge is -2.38. The summed E-state index contributed by atoms with van der Waals surface area (Å²) >= 11 is 0. The van der Waals surface area contributed by atoms with Crippen LogP contribution in [0.15, 0.2) is 0 Å². The zero-order valence-corrected chi connectivity index (χ0v) is 13.1. The summed E-state index contributed by atoms with van der Waals surface area (Å²) < 4.78 is 6.32. The standard InChI is InChI=1S/C14H30OSi/c1-12-8-7-9-13(10-12)11-15-16(5,6)14(2,3)4/h12-13H,7-11H2,1-6H3. The molecule has 1 rings (SSSR count). The van der Waals surface area contributed by atoms with Crippen LogP contribution < -0.4 is 0 Å². The molecule has 0 N–H and O–H groups in total. The SMILES string of the molecule is CC1CCCC(CO[Si](C)(C)C(C)(C)C)C1. The summed E-state index contributed by atoms with van der Waals surface area (Å²) in [5, 5.41) is 0.354. The van der Waals surface area contributed by atoms with Crippen molar-refractivity contribution < 1.29 is 4.43 Å². The molecule has 16 heavy (non-hydrogen) atoms. The molecule has 1 nitrogen and oxygen atoms in total. The van der Waals surface area contributed by atoms with E-state index in [-0.39, 0.29) is 0 Å². The van der Waals surface area contributed by atoms with Gasteiger partial charge in [0.15, 0.2) is 8.32 Å². The van der Waals surface area contributed by atoms with Gasteiger partial charge < -0.3 is 4.43 Å². The van der Waals surface area contributed by atoms with Gasteiger partial charge >= 0.3 is 0 Å². The van der Waals surface area contributed by atoms with Crippen LogP contribution in [0.3, 0.4) is 0 Å². The van der Waals surface area contributed by atoms with Gasteiger partial charge in [-0.25, -0.2) is 0 Å². The van der Waals surface area contributed by atoms with E-state index in [2.05, 4.69) is 40.8 Å². The van der Waals surface area contributed by atoms with E-state index in [0.717, 1.165) is 18.4 Å². The number of rotatable bonds is 3. The Labute approximate surface area is 103 Å². The van der Waals surface area contributed by atoms with Crippen LogP contribution in [-0.2, 0) is 4.43 Å². The van der Waals surface area contributed by atoms with Gasteiger partial charge in [0.2, 0.25) is 0 Å². The third kappa shape index (κ3) is 3.88. The fourth-order valence-corrected chi connectivity index (χ4v) is 3.34. The molecule has 96 valence electrons. The van der Waals surface area contributed by atoms with Crippen LogP contribution in [0.25, 0.3) is 0 Å². The highest BCUT2D eigenvalue weighted by molar-refractivity contribution is 6.74. The van der Waals surface area contributed by atoms with Crippen LogP contribution in [0.2, 0.25) is 18.1 Å². The third-order valence-corrected chi connectivity index (χ3v) is 9.03. The van der Waals surface area contributed by atoms with Crippen molar-refractivity contribution in [1.29, 1.82) is 0 Å². The first-order chi connectivity index (χ1) is 7.22. The maximum atomic E-state index is 6.32. The molecule has 0 radical (unpaired) electrons. The van der Waals surface area contributed by atoms with Crippen molar-refractivity contribution in [2.45, 2.75) is 71.5 Å². The molecule has 0 aromatic heterocycles. The second-order valence-corrected chi connectivity index (χ2v) is 12.0. The van der Waals surface area contributed by atoms with Crippen LogP contribution >= 0.6 is 0 Å². The van der Waals surface area contributed by atoms with Crippen molar-refractivity contribution in [2.24, 2.45) is 11.8 Å². The second-order valence-electron chi connectivity index (χ2n) is 7.21. The number of hydrogen-bond acceptors (Lipinski definition) is 1. The van der Waals surface area contributed by atoms with Gasteiger partial charge in [-0.1, -0.05) is 40.5 Å². The van der Waals surface area contributed by atoms with Gasteiger partial charge in [0, 0.05) is 6.61 Å². The van der Waals surface area contributed by atoms with Gasteiger partial charge in [-0.3, -0.25) is 0 Å². The average molecular weight is 242 g/mol. The maximum absolute atomic E-state index is 6.32. The number of hydrogen-bond donors (Lipinski definition) is 0. The first-order valence-corrected chi connectivity index (χ1v) is 9.77. The Bertz CT molecular complexity index is 217. The molecule has 0 heterocycles. The van der Waals surface area contributed by atoms with E-state index in [1.807, 2.05) is 0 Å². The van der Waals surface area contributed by atoms with E-state index in [9.17, 15) is 0 Å². The van der Waals surface area contributed by atoms with Crippen molar-refractivity contribution in [3.05, 3.63) is 0 Å². The topological polar surface area (TPSA) is 9.23 Å². The zero-order valence-electron chi connectivity index (χ0n) is 12.1. The molecule has 0 bridgehead atoms. The van der Waals surface area contributed by atoms with Gasteiger partial charge in [0.05, 0.1) is 0 Å². The molecule has 2 unspecified atom stereocenters. The van der Waals surface area contributed by atoms with Crippen molar-refractivity contribution in [3.8, 4) is 0 Å². The minimum absolute atomic E-state index is 0.354. The predicted octanol–water partition coefficient (Wildman–Crippen LogP) is 4.83. The highest BCUT2D eigenvalue weighted by Gasteiger charge is 2.37.